The first-order chi connectivity index (χ1) is 23.7. The van der Waals surface area contributed by atoms with E-state index in [2.05, 4.69) is 20.9 Å². The van der Waals surface area contributed by atoms with E-state index >= 15 is 0 Å². The van der Waals surface area contributed by atoms with Gasteiger partial charge in [0.15, 0.2) is 9.84 Å². The highest BCUT2D eigenvalue weighted by Gasteiger charge is 2.45. The Morgan fingerprint density at radius 2 is 1.64 bits per heavy atom. The average Bonchev–Trinajstić information content (AvgIpc) is 3.48. The van der Waals surface area contributed by atoms with Crippen molar-refractivity contribution in [2.45, 2.75) is 73.0 Å². The Morgan fingerprint density at radius 1 is 0.980 bits per heavy atom. The summed E-state index contributed by atoms with van der Waals surface area (Å²) in [5.74, 6) is -1.95. The summed E-state index contributed by atoms with van der Waals surface area (Å²) in [6.45, 7) is 1.65. The van der Waals surface area contributed by atoms with Gasteiger partial charge in [0.2, 0.25) is 15.9 Å². The second-order valence-electron chi connectivity index (χ2n) is 12.2. The Bertz CT molecular complexity index is 1960. The van der Waals surface area contributed by atoms with Crippen molar-refractivity contribution in [2.24, 2.45) is 0 Å². The Kier molecular flexibility index (Phi) is 11.9. The number of hydrogen-bond donors (Lipinski definition) is 3. The van der Waals surface area contributed by atoms with E-state index in [-0.39, 0.29) is 63.5 Å². The summed E-state index contributed by atoms with van der Waals surface area (Å²) < 4.78 is 58.7. The molecule has 3 atom stereocenters. The molecule has 268 valence electrons. The van der Waals surface area contributed by atoms with E-state index < -0.39 is 49.7 Å². The maximum Gasteiger partial charge on any atom is 0.328 e. The van der Waals surface area contributed by atoms with Crippen LogP contribution in [0.4, 0.5) is 5.69 Å². The molecule has 1 aliphatic heterocycles. The zero-order valence-electron chi connectivity index (χ0n) is 27.3. The molecule has 2 fully saturated rings. The fourth-order valence-electron chi connectivity index (χ4n) is 5.82. The van der Waals surface area contributed by atoms with Gasteiger partial charge in [-0.05, 0) is 62.1 Å². The SMILES string of the molecule is CCOC(=O)[C@H](Cc1ccc(NC(=O)c2c(Cl)cncc2Cl)cc1)NC(=O)[C@@H]1C[C@@H](NC2CCC2)CN1S(=O)(=O)c1cccc(S(C)(=O)=O)c1. The molecule has 2 amide bonds. The zero-order chi connectivity index (χ0) is 36.2. The van der Waals surface area contributed by atoms with Crippen molar-refractivity contribution < 1.29 is 36.0 Å². The molecular formula is C33H37Cl2N5O8S2. The molecule has 1 aliphatic carbocycles. The lowest BCUT2D eigenvalue weighted by Gasteiger charge is -2.29. The Hall–Kier alpha value is -3.60. The lowest BCUT2D eigenvalue weighted by atomic mass is 9.92. The van der Waals surface area contributed by atoms with Crippen molar-refractivity contribution in [3.8, 4) is 0 Å². The largest absolute Gasteiger partial charge is 0.464 e. The van der Waals surface area contributed by atoms with Crippen LogP contribution in [0.25, 0.3) is 0 Å². The van der Waals surface area contributed by atoms with Gasteiger partial charge in [0.25, 0.3) is 5.91 Å². The Morgan fingerprint density at radius 3 is 2.24 bits per heavy atom. The molecule has 50 heavy (non-hydrogen) atoms. The monoisotopic (exact) mass is 765 g/mol. The van der Waals surface area contributed by atoms with E-state index in [0.29, 0.717) is 11.3 Å². The fourth-order valence-corrected chi connectivity index (χ4v) is 8.79. The summed E-state index contributed by atoms with van der Waals surface area (Å²) >= 11 is 12.2. The number of nitrogens with zero attached hydrogens (tertiary/aromatic N) is 2. The maximum absolute atomic E-state index is 14.0. The van der Waals surface area contributed by atoms with Gasteiger partial charge in [-0.3, -0.25) is 14.6 Å². The molecular weight excluding hydrogens is 729 g/mol. The molecule has 2 aliphatic rings. The quantitative estimate of drug-likeness (QED) is 0.218. The standard InChI is InChI=1S/C33H37Cl2N5O8S2/c1-3-48-33(43)28(14-20-10-12-22(13-11-20)38-32(42)30-26(34)17-36-18-27(30)35)39-31(41)29-15-23(37-21-6-4-7-21)19-40(29)50(46,47)25-9-5-8-24(16-25)49(2,44)45/h5,8-13,16-18,21,23,28-29,37H,3-4,6-7,14-15,19H2,1-2H3,(H,38,42)(H,39,41)/t23-,28+,29+/m1/s1. The second kappa shape index (κ2) is 15.7. The molecule has 1 saturated heterocycles. The lowest BCUT2D eigenvalue weighted by Crippen LogP contribution is -2.51. The van der Waals surface area contributed by atoms with Gasteiger partial charge < -0.3 is 20.7 Å². The van der Waals surface area contributed by atoms with Crippen molar-refractivity contribution >= 4 is 66.5 Å². The van der Waals surface area contributed by atoms with Gasteiger partial charge in [-0.2, -0.15) is 4.31 Å². The van der Waals surface area contributed by atoms with E-state index in [1.807, 2.05) is 0 Å². The molecule has 0 spiro atoms. The molecule has 2 aromatic carbocycles. The third-order valence-electron chi connectivity index (χ3n) is 8.59. The van der Waals surface area contributed by atoms with Crippen LogP contribution in [-0.4, -0.2) is 87.5 Å². The molecule has 1 aromatic heterocycles. The van der Waals surface area contributed by atoms with Gasteiger partial charge in [0.1, 0.15) is 12.1 Å². The molecule has 0 unspecified atom stereocenters. The van der Waals surface area contributed by atoms with E-state index in [4.69, 9.17) is 27.9 Å². The Labute approximate surface area is 301 Å². The molecule has 0 bridgehead atoms. The van der Waals surface area contributed by atoms with Crippen molar-refractivity contribution in [1.29, 1.82) is 0 Å². The lowest BCUT2D eigenvalue weighted by molar-refractivity contribution is -0.147. The van der Waals surface area contributed by atoms with Crippen molar-refractivity contribution in [3.05, 3.63) is 82.1 Å². The number of benzene rings is 2. The molecule has 3 aromatic rings. The number of sulfonamides is 1. The number of amides is 2. The van der Waals surface area contributed by atoms with Crippen molar-refractivity contribution in [3.63, 3.8) is 0 Å². The number of carbonyl (C=O) groups excluding carboxylic acids is 3. The molecule has 2 heterocycles. The maximum atomic E-state index is 14.0. The first-order valence-electron chi connectivity index (χ1n) is 15.9. The summed E-state index contributed by atoms with van der Waals surface area (Å²) in [5.41, 5.74) is 1.09. The Balaban J connectivity index is 1.35. The van der Waals surface area contributed by atoms with E-state index in [9.17, 15) is 31.2 Å². The van der Waals surface area contributed by atoms with Crippen molar-refractivity contribution in [1.82, 2.24) is 19.9 Å². The van der Waals surface area contributed by atoms with Crippen LogP contribution in [0.5, 0.6) is 0 Å². The fraction of sp³-hybridized carbons (Fsp3) is 0.394. The average molecular weight is 767 g/mol. The smallest absolute Gasteiger partial charge is 0.328 e. The minimum Gasteiger partial charge on any atom is -0.464 e. The summed E-state index contributed by atoms with van der Waals surface area (Å²) in [6.07, 6.45) is 6.66. The highest BCUT2D eigenvalue weighted by molar-refractivity contribution is 7.91. The number of ether oxygens (including phenoxy) is 1. The van der Waals surface area contributed by atoms with Gasteiger partial charge in [0, 0.05) is 49.4 Å². The minimum absolute atomic E-state index is 0.000435. The van der Waals surface area contributed by atoms with Crippen molar-refractivity contribution in [2.75, 3.05) is 24.7 Å². The highest BCUT2D eigenvalue weighted by Crippen LogP contribution is 2.30. The van der Waals surface area contributed by atoms with Gasteiger partial charge in [-0.25, -0.2) is 21.6 Å². The number of halogens is 2. The number of anilines is 1. The molecule has 3 N–H and O–H groups in total. The van der Waals surface area contributed by atoms with Crippen LogP contribution in [0.1, 0.15) is 48.5 Å². The first kappa shape index (κ1) is 37.7. The number of nitrogens with one attached hydrogen (secondary N) is 3. The van der Waals surface area contributed by atoms with Gasteiger partial charge in [-0.15, -0.1) is 0 Å². The number of carbonyl (C=O) groups is 3. The van der Waals surface area contributed by atoms with E-state index in [0.717, 1.165) is 35.9 Å². The number of rotatable bonds is 13. The van der Waals surface area contributed by atoms with Crippen LogP contribution < -0.4 is 16.0 Å². The van der Waals surface area contributed by atoms with Crippen LogP contribution in [0, 0.1) is 0 Å². The minimum atomic E-state index is -4.34. The van der Waals surface area contributed by atoms with Crippen LogP contribution in [0.3, 0.4) is 0 Å². The molecule has 13 nitrogen and oxygen atoms in total. The first-order valence-corrected chi connectivity index (χ1v) is 20.0. The van der Waals surface area contributed by atoms with E-state index in [1.54, 1.807) is 31.2 Å². The molecule has 1 saturated carbocycles. The number of esters is 1. The predicted octanol–water partition coefficient (Wildman–Crippen LogP) is 3.61. The van der Waals surface area contributed by atoms with Crippen LogP contribution in [-0.2, 0) is 40.6 Å². The normalized spacial score (nSPS) is 19.0. The van der Waals surface area contributed by atoms with Gasteiger partial charge >= 0.3 is 5.97 Å². The van der Waals surface area contributed by atoms with Crippen LogP contribution in [0.15, 0.2) is 70.7 Å². The number of sulfone groups is 1. The number of aromatic nitrogens is 1. The topological polar surface area (TPSA) is 181 Å². The summed E-state index contributed by atoms with van der Waals surface area (Å²) in [6, 6.07) is 9.04. The van der Waals surface area contributed by atoms with E-state index in [1.165, 1.54) is 30.6 Å². The summed E-state index contributed by atoms with van der Waals surface area (Å²) in [7, 11) is -8.05. The third-order valence-corrected chi connectivity index (χ3v) is 12.1. The molecule has 17 heteroatoms. The van der Waals surface area contributed by atoms with Crippen LogP contribution in [0.2, 0.25) is 10.0 Å². The number of pyridine rings is 1. The summed E-state index contributed by atoms with van der Waals surface area (Å²) in [5, 5.41) is 9.03. The predicted molar refractivity (Wildman–Crippen MR) is 187 cm³/mol. The van der Waals surface area contributed by atoms with Gasteiger partial charge in [-0.1, -0.05) is 47.8 Å². The second-order valence-corrected chi connectivity index (χ2v) is 16.9. The number of hydrogen-bond acceptors (Lipinski definition) is 10. The molecule has 0 radical (unpaired) electrons. The zero-order valence-corrected chi connectivity index (χ0v) is 30.4. The highest BCUT2D eigenvalue weighted by atomic mass is 35.5. The third kappa shape index (κ3) is 8.82. The summed E-state index contributed by atoms with van der Waals surface area (Å²) in [4.78, 5) is 43.2. The molecule has 5 rings (SSSR count). The van der Waals surface area contributed by atoms with Crippen LogP contribution >= 0.6 is 23.2 Å². The van der Waals surface area contributed by atoms with Gasteiger partial charge in [0.05, 0.1) is 32.0 Å².